The van der Waals surface area contributed by atoms with Gasteiger partial charge in [-0.1, -0.05) is 6.92 Å². The molecule has 1 atom stereocenters. The summed E-state index contributed by atoms with van der Waals surface area (Å²) >= 11 is 0. The molecule has 0 aliphatic carbocycles. The second kappa shape index (κ2) is 3.44. The number of methoxy groups -OCH3 is 1. The quantitative estimate of drug-likeness (QED) is 0.703. The summed E-state index contributed by atoms with van der Waals surface area (Å²) in [6.07, 6.45) is 1.06. The van der Waals surface area contributed by atoms with Crippen molar-refractivity contribution in [2.75, 3.05) is 7.11 Å². The molecule has 15 heavy (non-hydrogen) atoms. The second-order valence-corrected chi connectivity index (χ2v) is 4.78. The molecule has 0 saturated heterocycles. The van der Waals surface area contributed by atoms with Crippen molar-refractivity contribution in [3.63, 3.8) is 0 Å². The lowest BCUT2D eigenvalue weighted by atomic mass is 9.84. The summed E-state index contributed by atoms with van der Waals surface area (Å²) < 4.78 is 11.2. The normalized spacial score (nSPS) is 22.8. The molecule has 0 radical (unpaired) electrons. The van der Waals surface area contributed by atoms with Crippen LogP contribution in [0.15, 0.2) is 18.2 Å². The lowest BCUT2D eigenvalue weighted by molar-refractivity contribution is 0.0353. The molecule has 1 aromatic rings. The number of hydrogen-bond acceptors (Lipinski definition) is 2. The molecule has 2 rings (SSSR count). The fourth-order valence-corrected chi connectivity index (χ4v) is 1.90. The van der Waals surface area contributed by atoms with Crippen molar-refractivity contribution >= 4 is 0 Å². The van der Waals surface area contributed by atoms with Crippen LogP contribution in [-0.4, -0.2) is 12.7 Å². The van der Waals surface area contributed by atoms with Gasteiger partial charge in [0.1, 0.15) is 17.1 Å². The molecule has 1 aliphatic heterocycles. The smallest absolute Gasteiger partial charge is 0.123 e. The van der Waals surface area contributed by atoms with E-state index in [0.717, 1.165) is 17.9 Å². The molecule has 1 heterocycles. The van der Waals surface area contributed by atoms with E-state index in [1.165, 1.54) is 5.56 Å². The Hall–Kier alpha value is -1.18. The van der Waals surface area contributed by atoms with E-state index in [9.17, 15) is 0 Å². The molecule has 2 heteroatoms. The molecule has 1 aromatic carbocycles. The van der Waals surface area contributed by atoms with E-state index in [4.69, 9.17) is 9.47 Å². The van der Waals surface area contributed by atoms with Crippen molar-refractivity contribution in [1.29, 1.82) is 0 Å². The Labute approximate surface area is 91.2 Å². The third-order valence-corrected chi connectivity index (χ3v) is 3.35. The summed E-state index contributed by atoms with van der Waals surface area (Å²) in [5, 5.41) is 0. The number of benzene rings is 1. The molecule has 0 bridgehead atoms. The summed E-state index contributed by atoms with van der Waals surface area (Å²) in [7, 11) is 1.69. The lowest BCUT2D eigenvalue weighted by Crippen LogP contribution is -2.40. The standard InChI is InChI=1S/C13H18O2/c1-9-7-10-8-11(14-4)5-6-12(10)15-13(9,2)3/h5-6,8-9H,7H2,1-4H3. The maximum Gasteiger partial charge on any atom is 0.123 e. The highest BCUT2D eigenvalue weighted by Gasteiger charge is 2.33. The molecular weight excluding hydrogens is 188 g/mol. The highest BCUT2D eigenvalue weighted by Crippen LogP contribution is 2.38. The van der Waals surface area contributed by atoms with Gasteiger partial charge >= 0.3 is 0 Å². The van der Waals surface area contributed by atoms with E-state index >= 15 is 0 Å². The lowest BCUT2D eigenvalue weighted by Gasteiger charge is -2.38. The van der Waals surface area contributed by atoms with Crippen molar-refractivity contribution in [3.05, 3.63) is 23.8 Å². The van der Waals surface area contributed by atoms with Gasteiger partial charge in [-0.25, -0.2) is 0 Å². The molecule has 1 unspecified atom stereocenters. The summed E-state index contributed by atoms with van der Waals surface area (Å²) in [4.78, 5) is 0. The first kappa shape index (κ1) is 10.3. The fraction of sp³-hybridized carbons (Fsp3) is 0.538. The van der Waals surface area contributed by atoms with Crippen LogP contribution in [0.25, 0.3) is 0 Å². The van der Waals surface area contributed by atoms with E-state index in [-0.39, 0.29) is 5.60 Å². The Balaban J connectivity index is 2.37. The molecule has 0 aromatic heterocycles. The summed E-state index contributed by atoms with van der Waals surface area (Å²) in [6, 6.07) is 6.02. The van der Waals surface area contributed by atoms with Gasteiger partial charge in [-0.3, -0.25) is 0 Å². The predicted octanol–water partition coefficient (Wildman–Crippen LogP) is 3.04. The van der Waals surface area contributed by atoms with Crippen LogP contribution >= 0.6 is 0 Å². The molecule has 0 fully saturated rings. The van der Waals surface area contributed by atoms with Gasteiger partial charge in [0.15, 0.2) is 0 Å². The van der Waals surface area contributed by atoms with Crippen LogP contribution in [0.2, 0.25) is 0 Å². The minimum atomic E-state index is -0.0679. The first-order chi connectivity index (χ1) is 7.03. The first-order valence-electron chi connectivity index (χ1n) is 5.39. The molecule has 0 amide bonds. The highest BCUT2D eigenvalue weighted by molar-refractivity contribution is 5.42. The van der Waals surface area contributed by atoms with Crippen LogP contribution in [0.3, 0.4) is 0 Å². The molecule has 0 spiro atoms. The Bertz CT molecular complexity index is 369. The van der Waals surface area contributed by atoms with Crippen LogP contribution in [0.4, 0.5) is 0 Å². The van der Waals surface area contributed by atoms with Crippen molar-refractivity contribution in [1.82, 2.24) is 0 Å². The molecular formula is C13H18O2. The van der Waals surface area contributed by atoms with E-state index in [1.54, 1.807) is 7.11 Å². The Morgan fingerprint density at radius 1 is 1.40 bits per heavy atom. The van der Waals surface area contributed by atoms with Gasteiger partial charge in [-0.2, -0.15) is 0 Å². The second-order valence-electron chi connectivity index (χ2n) is 4.78. The number of fused-ring (bicyclic) bond motifs is 1. The summed E-state index contributed by atoms with van der Waals surface area (Å²) in [6.45, 7) is 6.51. The van der Waals surface area contributed by atoms with Gasteiger partial charge in [0.25, 0.3) is 0 Å². The first-order valence-corrected chi connectivity index (χ1v) is 5.39. The van der Waals surface area contributed by atoms with E-state index < -0.39 is 0 Å². The topological polar surface area (TPSA) is 18.5 Å². The zero-order chi connectivity index (χ0) is 11.1. The van der Waals surface area contributed by atoms with Crippen LogP contribution in [0, 0.1) is 5.92 Å². The van der Waals surface area contributed by atoms with E-state index in [1.807, 2.05) is 12.1 Å². The van der Waals surface area contributed by atoms with Crippen LogP contribution in [0.5, 0.6) is 11.5 Å². The van der Waals surface area contributed by atoms with Crippen molar-refractivity contribution in [3.8, 4) is 11.5 Å². The molecule has 1 aliphatic rings. The minimum absolute atomic E-state index is 0.0679. The number of hydrogen-bond donors (Lipinski definition) is 0. The predicted molar refractivity (Wildman–Crippen MR) is 60.6 cm³/mol. The summed E-state index contributed by atoms with van der Waals surface area (Å²) in [5.41, 5.74) is 1.18. The van der Waals surface area contributed by atoms with Gasteiger partial charge in [0.2, 0.25) is 0 Å². The fourth-order valence-electron chi connectivity index (χ4n) is 1.90. The van der Waals surface area contributed by atoms with E-state index in [0.29, 0.717) is 5.92 Å². The van der Waals surface area contributed by atoms with Gasteiger partial charge in [0, 0.05) is 0 Å². The minimum Gasteiger partial charge on any atom is -0.497 e. The average molecular weight is 206 g/mol. The van der Waals surface area contributed by atoms with Gasteiger partial charge in [-0.15, -0.1) is 0 Å². The molecule has 2 nitrogen and oxygen atoms in total. The van der Waals surface area contributed by atoms with Gasteiger partial charge < -0.3 is 9.47 Å². The Morgan fingerprint density at radius 2 is 2.13 bits per heavy atom. The average Bonchev–Trinajstić information content (AvgIpc) is 2.19. The maximum atomic E-state index is 5.98. The summed E-state index contributed by atoms with van der Waals surface area (Å²) in [5.74, 6) is 2.43. The maximum absolute atomic E-state index is 5.98. The third kappa shape index (κ3) is 1.81. The SMILES string of the molecule is COc1ccc2c(c1)CC(C)C(C)(C)O2. The van der Waals surface area contributed by atoms with E-state index in [2.05, 4.69) is 26.8 Å². The van der Waals surface area contributed by atoms with Crippen molar-refractivity contribution < 1.29 is 9.47 Å². The Morgan fingerprint density at radius 3 is 2.80 bits per heavy atom. The van der Waals surface area contributed by atoms with Crippen molar-refractivity contribution in [2.45, 2.75) is 32.8 Å². The highest BCUT2D eigenvalue weighted by atomic mass is 16.5. The van der Waals surface area contributed by atoms with Crippen molar-refractivity contribution in [2.24, 2.45) is 5.92 Å². The third-order valence-electron chi connectivity index (χ3n) is 3.35. The molecule has 0 N–H and O–H groups in total. The van der Waals surface area contributed by atoms with Crippen LogP contribution in [0.1, 0.15) is 26.3 Å². The van der Waals surface area contributed by atoms with Crippen LogP contribution < -0.4 is 9.47 Å². The Kier molecular flexibility index (Phi) is 2.37. The largest absolute Gasteiger partial charge is 0.497 e. The molecule has 82 valence electrons. The van der Waals surface area contributed by atoms with Gasteiger partial charge in [-0.05, 0) is 49.9 Å². The number of ether oxygens (including phenoxy) is 2. The number of rotatable bonds is 1. The molecule has 0 saturated carbocycles. The van der Waals surface area contributed by atoms with Gasteiger partial charge in [0.05, 0.1) is 7.11 Å². The zero-order valence-electron chi connectivity index (χ0n) is 9.83. The van der Waals surface area contributed by atoms with Crippen LogP contribution in [-0.2, 0) is 6.42 Å². The monoisotopic (exact) mass is 206 g/mol. The zero-order valence-corrected chi connectivity index (χ0v) is 9.83.